The number of nitrogens with one attached hydrogen (secondary N) is 1. The second-order valence-electron chi connectivity index (χ2n) is 5.93. The van der Waals surface area contributed by atoms with Gasteiger partial charge in [-0.05, 0) is 31.2 Å². The van der Waals surface area contributed by atoms with Crippen LogP contribution in [0.1, 0.15) is 23.7 Å². The summed E-state index contributed by atoms with van der Waals surface area (Å²) in [6, 6.07) is 13.8. The first-order chi connectivity index (χ1) is 13.5. The molecule has 1 amide bonds. The number of fused-ring (bicyclic) bond motifs is 1. The van der Waals surface area contributed by atoms with Crippen molar-refractivity contribution in [3.63, 3.8) is 0 Å². The van der Waals surface area contributed by atoms with E-state index in [1.165, 1.54) is 34.6 Å². The topological polar surface area (TPSA) is 121 Å². The molecule has 0 radical (unpaired) electrons. The molecular weight excluding hydrogens is 362 g/mol. The SMILES string of the molecule is CC(OC(=O)c1cccn2c(=O)[nH]nc12)C(=O)N(CCC#N)c1ccccc1. The number of esters is 1. The molecule has 1 atom stereocenters. The second kappa shape index (κ2) is 8.18. The summed E-state index contributed by atoms with van der Waals surface area (Å²) in [4.78, 5) is 38.4. The van der Waals surface area contributed by atoms with Gasteiger partial charge >= 0.3 is 11.7 Å². The number of aromatic nitrogens is 3. The largest absolute Gasteiger partial charge is 0.449 e. The van der Waals surface area contributed by atoms with Crippen molar-refractivity contribution in [2.24, 2.45) is 0 Å². The first-order valence-electron chi connectivity index (χ1n) is 8.53. The van der Waals surface area contributed by atoms with E-state index in [1.807, 2.05) is 12.1 Å². The number of carbonyl (C=O) groups excluding carboxylic acids is 2. The first kappa shape index (κ1) is 18.8. The average molecular weight is 379 g/mol. The molecule has 1 unspecified atom stereocenters. The maximum Gasteiger partial charge on any atom is 0.347 e. The fourth-order valence-electron chi connectivity index (χ4n) is 2.72. The van der Waals surface area contributed by atoms with Gasteiger partial charge in [0.05, 0.1) is 12.5 Å². The molecule has 3 aromatic rings. The summed E-state index contributed by atoms with van der Waals surface area (Å²) in [7, 11) is 0. The molecule has 0 saturated carbocycles. The number of hydrogen-bond acceptors (Lipinski definition) is 6. The number of rotatable bonds is 6. The molecule has 0 bridgehead atoms. The van der Waals surface area contributed by atoms with Crippen molar-refractivity contribution in [2.45, 2.75) is 19.4 Å². The molecule has 2 aromatic heterocycles. The average Bonchev–Trinajstić information content (AvgIpc) is 3.10. The molecule has 3 rings (SSSR count). The van der Waals surface area contributed by atoms with Crippen LogP contribution in [0, 0.1) is 11.3 Å². The number of pyridine rings is 1. The summed E-state index contributed by atoms with van der Waals surface area (Å²) < 4.78 is 6.49. The number of aromatic amines is 1. The van der Waals surface area contributed by atoms with Crippen molar-refractivity contribution in [3.05, 3.63) is 64.7 Å². The van der Waals surface area contributed by atoms with Crippen LogP contribution in [0.4, 0.5) is 5.69 Å². The molecule has 0 fully saturated rings. The van der Waals surface area contributed by atoms with Gasteiger partial charge < -0.3 is 9.64 Å². The minimum Gasteiger partial charge on any atom is -0.449 e. The van der Waals surface area contributed by atoms with E-state index in [-0.39, 0.29) is 24.2 Å². The third-order valence-corrected chi connectivity index (χ3v) is 4.08. The lowest BCUT2D eigenvalue weighted by atomic mass is 10.2. The maximum atomic E-state index is 12.8. The Morgan fingerprint density at radius 1 is 1.29 bits per heavy atom. The van der Waals surface area contributed by atoms with E-state index in [4.69, 9.17) is 10.00 Å². The first-order valence-corrected chi connectivity index (χ1v) is 8.53. The Morgan fingerprint density at radius 3 is 2.75 bits per heavy atom. The Balaban J connectivity index is 1.81. The van der Waals surface area contributed by atoms with E-state index in [9.17, 15) is 14.4 Å². The lowest BCUT2D eigenvalue weighted by Crippen LogP contribution is -2.40. The fraction of sp³-hybridized carbons (Fsp3) is 0.211. The minimum absolute atomic E-state index is 0.0591. The summed E-state index contributed by atoms with van der Waals surface area (Å²) in [6.45, 7) is 1.63. The number of anilines is 1. The summed E-state index contributed by atoms with van der Waals surface area (Å²) >= 11 is 0. The van der Waals surface area contributed by atoms with E-state index in [2.05, 4.69) is 10.2 Å². The monoisotopic (exact) mass is 379 g/mol. The molecule has 1 aromatic carbocycles. The van der Waals surface area contributed by atoms with Crippen molar-refractivity contribution < 1.29 is 14.3 Å². The lowest BCUT2D eigenvalue weighted by Gasteiger charge is -2.25. The normalized spacial score (nSPS) is 11.6. The predicted octanol–water partition coefficient (Wildman–Crippen LogP) is 1.51. The van der Waals surface area contributed by atoms with Crippen molar-refractivity contribution >= 4 is 23.2 Å². The highest BCUT2D eigenvalue weighted by atomic mass is 16.5. The Kier molecular flexibility index (Phi) is 5.50. The fourth-order valence-corrected chi connectivity index (χ4v) is 2.72. The van der Waals surface area contributed by atoms with E-state index in [1.54, 1.807) is 24.3 Å². The Labute approximate surface area is 159 Å². The molecule has 28 heavy (non-hydrogen) atoms. The van der Waals surface area contributed by atoms with Crippen LogP contribution in [0.2, 0.25) is 0 Å². The van der Waals surface area contributed by atoms with Gasteiger partial charge in [-0.3, -0.25) is 4.79 Å². The number of H-pyrrole nitrogens is 1. The number of carbonyl (C=O) groups is 2. The highest BCUT2D eigenvalue weighted by molar-refractivity contribution is 6.00. The predicted molar refractivity (Wildman–Crippen MR) is 99.7 cm³/mol. The highest BCUT2D eigenvalue weighted by Crippen LogP contribution is 2.17. The Hall–Kier alpha value is -3.93. The van der Waals surface area contributed by atoms with Crippen molar-refractivity contribution in [3.8, 4) is 6.07 Å². The minimum atomic E-state index is -1.10. The van der Waals surface area contributed by atoms with Gasteiger partial charge in [-0.15, -0.1) is 0 Å². The van der Waals surface area contributed by atoms with Crippen molar-refractivity contribution in [2.75, 3.05) is 11.4 Å². The number of nitriles is 1. The van der Waals surface area contributed by atoms with Crippen LogP contribution in [0.3, 0.4) is 0 Å². The van der Waals surface area contributed by atoms with Gasteiger partial charge in [-0.25, -0.2) is 19.1 Å². The van der Waals surface area contributed by atoms with Gasteiger partial charge in [0.1, 0.15) is 5.56 Å². The molecule has 0 saturated heterocycles. The van der Waals surface area contributed by atoms with E-state index in [0.29, 0.717) is 5.69 Å². The molecule has 2 heterocycles. The van der Waals surface area contributed by atoms with Gasteiger partial charge in [0.25, 0.3) is 5.91 Å². The second-order valence-corrected chi connectivity index (χ2v) is 5.93. The van der Waals surface area contributed by atoms with Crippen molar-refractivity contribution in [1.29, 1.82) is 5.26 Å². The van der Waals surface area contributed by atoms with Crippen LogP contribution >= 0.6 is 0 Å². The number of nitrogens with zero attached hydrogens (tertiary/aromatic N) is 4. The maximum absolute atomic E-state index is 12.8. The number of hydrogen-bond donors (Lipinski definition) is 1. The number of ether oxygens (including phenoxy) is 1. The molecule has 9 heteroatoms. The van der Waals surface area contributed by atoms with Crippen molar-refractivity contribution in [1.82, 2.24) is 14.6 Å². The smallest absolute Gasteiger partial charge is 0.347 e. The van der Waals surface area contributed by atoms with Gasteiger partial charge in [-0.2, -0.15) is 10.4 Å². The van der Waals surface area contributed by atoms with Gasteiger partial charge in [0.15, 0.2) is 11.8 Å². The number of amides is 1. The van der Waals surface area contributed by atoms with Crippen LogP contribution in [-0.2, 0) is 9.53 Å². The molecular formula is C19H17N5O4. The molecule has 0 aliphatic heterocycles. The third-order valence-electron chi connectivity index (χ3n) is 4.08. The molecule has 9 nitrogen and oxygen atoms in total. The molecule has 0 spiro atoms. The van der Waals surface area contributed by atoms with Crippen LogP contribution in [0.5, 0.6) is 0 Å². The lowest BCUT2D eigenvalue weighted by molar-refractivity contribution is -0.126. The van der Waals surface area contributed by atoms with Gasteiger partial charge in [0.2, 0.25) is 0 Å². The summed E-state index contributed by atoms with van der Waals surface area (Å²) in [5.74, 6) is -1.24. The quantitative estimate of drug-likeness (QED) is 0.648. The van der Waals surface area contributed by atoms with E-state index < -0.39 is 23.7 Å². The standard InChI is InChI=1S/C19H17N5O4/c1-13(17(25)23(12-6-10-20)14-7-3-2-4-8-14)28-18(26)15-9-5-11-24-16(15)21-22-19(24)27/h2-5,7-9,11,13H,6,12H2,1H3,(H,22,27). The highest BCUT2D eigenvalue weighted by Gasteiger charge is 2.26. The summed E-state index contributed by atoms with van der Waals surface area (Å²) in [6.07, 6.45) is 0.500. The molecule has 0 aliphatic carbocycles. The zero-order chi connectivity index (χ0) is 20.1. The number of benzene rings is 1. The van der Waals surface area contributed by atoms with Gasteiger partial charge in [0, 0.05) is 18.4 Å². The zero-order valence-electron chi connectivity index (χ0n) is 15.0. The van der Waals surface area contributed by atoms with Gasteiger partial charge in [-0.1, -0.05) is 18.2 Å². The van der Waals surface area contributed by atoms with Crippen LogP contribution in [0.15, 0.2) is 53.5 Å². The Bertz CT molecular complexity index is 1100. The van der Waals surface area contributed by atoms with Crippen LogP contribution in [-0.4, -0.2) is 39.1 Å². The van der Waals surface area contributed by atoms with E-state index >= 15 is 0 Å². The third kappa shape index (κ3) is 3.76. The summed E-state index contributed by atoms with van der Waals surface area (Å²) in [5, 5.41) is 14.9. The summed E-state index contributed by atoms with van der Waals surface area (Å²) in [5.41, 5.74) is 0.289. The zero-order valence-corrected chi connectivity index (χ0v) is 15.0. The number of para-hydroxylation sites is 1. The molecule has 0 aliphatic rings. The van der Waals surface area contributed by atoms with E-state index in [0.717, 1.165) is 0 Å². The Morgan fingerprint density at radius 2 is 2.04 bits per heavy atom. The van der Waals surface area contributed by atoms with Crippen LogP contribution < -0.4 is 10.6 Å². The van der Waals surface area contributed by atoms with Crippen LogP contribution in [0.25, 0.3) is 5.65 Å². The molecule has 1 N–H and O–H groups in total. The molecule has 142 valence electrons.